The summed E-state index contributed by atoms with van der Waals surface area (Å²) < 4.78 is 0. The van der Waals surface area contributed by atoms with Crippen LogP contribution in [0, 0.1) is 11.3 Å². The highest BCUT2D eigenvalue weighted by Crippen LogP contribution is 2.08. The first-order valence-corrected chi connectivity index (χ1v) is 9.42. The number of amidine groups is 1. The summed E-state index contributed by atoms with van der Waals surface area (Å²) in [6.07, 6.45) is 2.16. The summed E-state index contributed by atoms with van der Waals surface area (Å²) in [5.41, 5.74) is 6.42. The fraction of sp³-hybridized carbons (Fsp3) is 0.500. The SMILES string of the molecule is CC(C)CC(=O)N[C@@H](CCCCNC(=O)c1ccc(C(=N)N)cc1)CC(=O)O. The van der Waals surface area contributed by atoms with Crippen LogP contribution in [0.2, 0.25) is 0 Å². The Bertz CT molecular complexity index is 686. The summed E-state index contributed by atoms with van der Waals surface area (Å²) in [4.78, 5) is 34.9. The molecule has 0 saturated carbocycles. The molecule has 0 spiro atoms. The molecule has 0 aliphatic heterocycles. The van der Waals surface area contributed by atoms with Gasteiger partial charge >= 0.3 is 5.97 Å². The van der Waals surface area contributed by atoms with E-state index in [1.54, 1.807) is 24.3 Å². The highest BCUT2D eigenvalue weighted by Gasteiger charge is 2.16. The molecule has 0 aromatic heterocycles. The second-order valence-electron chi connectivity index (χ2n) is 7.20. The number of nitrogens with two attached hydrogens (primary N) is 1. The summed E-state index contributed by atoms with van der Waals surface area (Å²) in [5, 5.41) is 21.9. The average molecular weight is 390 g/mol. The number of hydrogen-bond acceptors (Lipinski definition) is 4. The Morgan fingerprint density at radius 2 is 1.68 bits per heavy atom. The Labute approximate surface area is 165 Å². The maximum Gasteiger partial charge on any atom is 0.305 e. The van der Waals surface area contributed by atoms with E-state index in [0.29, 0.717) is 43.4 Å². The predicted molar refractivity (Wildman–Crippen MR) is 107 cm³/mol. The van der Waals surface area contributed by atoms with Crippen molar-refractivity contribution in [3.05, 3.63) is 35.4 Å². The minimum atomic E-state index is -0.947. The molecule has 0 aliphatic rings. The Morgan fingerprint density at radius 1 is 1.07 bits per heavy atom. The van der Waals surface area contributed by atoms with Crippen LogP contribution in [-0.4, -0.2) is 41.3 Å². The second-order valence-corrected chi connectivity index (χ2v) is 7.20. The van der Waals surface area contributed by atoms with Gasteiger partial charge in [-0.25, -0.2) is 0 Å². The number of unbranched alkanes of at least 4 members (excludes halogenated alkanes) is 1. The van der Waals surface area contributed by atoms with Crippen molar-refractivity contribution in [3.63, 3.8) is 0 Å². The molecule has 0 radical (unpaired) electrons. The molecule has 0 unspecified atom stereocenters. The van der Waals surface area contributed by atoms with Gasteiger partial charge in [0.2, 0.25) is 5.91 Å². The van der Waals surface area contributed by atoms with Crippen LogP contribution in [0.5, 0.6) is 0 Å². The van der Waals surface area contributed by atoms with Crippen molar-refractivity contribution in [2.45, 2.75) is 52.0 Å². The van der Waals surface area contributed by atoms with E-state index in [1.165, 1.54) is 0 Å². The van der Waals surface area contributed by atoms with Crippen LogP contribution in [0.4, 0.5) is 0 Å². The van der Waals surface area contributed by atoms with Gasteiger partial charge in [-0.1, -0.05) is 26.0 Å². The summed E-state index contributed by atoms with van der Waals surface area (Å²) in [6, 6.07) is 6.05. The number of carboxylic acids is 1. The van der Waals surface area contributed by atoms with E-state index in [0.717, 1.165) is 0 Å². The molecule has 6 N–H and O–H groups in total. The molecular formula is C20H30N4O4. The third-order valence-electron chi connectivity index (χ3n) is 4.10. The lowest BCUT2D eigenvalue weighted by Gasteiger charge is -2.17. The number of rotatable bonds is 12. The molecular weight excluding hydrogens is 360 g/mol. The standard InChI is InChI=1S/C20H30N4O4/c1-13(2)11-17(25)24-16(12-18(26)27)5-3-4-10-23-20(28)15-8-6-14(7-9-15)19(21)22/h6-9,13,16H,3-5,10-12H2,1-2H3,(H3,21,22)(H,23,28)(H,24,25)(H,26,27)/t16-/m0/s1. The highest BCUT2D eigenvalue weighted by atomic mass is 16.4. The molecule has 2 amide bonds. The van der Waals surface area contributed by atoms with Crippen molar-refractivity contribution in [3.8, 4) is 0 Å². The Balaban J connectivity index is 2.37. The zero-order chi connectivity index (χ0) is 21.1. The van der Waals surface area contributed by atoms with Gasteiger partial charge in [0.05, 0.1) is 6.42 Å². The van der Waals surface area contributed by atoms with Gasteiger partial charge < -0.3 is 21.5 Å². The number of nitrogens with one attached hydrogen (secondary N) is 3. The van der Waals surface area contributed by atoms with Crippen LogP contribution < -0.4 is 16.4 Å². The van der Waals surface area contributed by atoms with E-state index in [4.69, 9.17) is 16.2 Å². The summed E-state index contributed by atoms with van der Waals surface area (Å²) >= 11 is 0. The van der Waals surface area contributed by atoms with Crippen LogP contribution in [-0.2, 0) is 9.59 Å². The molecule has 0 fully saturated rings. The zero-order valence-corrected chi connectivity index (χ0v) is 16.5. The van der Waals surface area contributed by atoms with Gasteiger partial charge in [0.15, 0.2) is 0 Å². The molecule has 1 aromatic rings. The van der Waals surface area contributed by atoms with E-state index in [9.17, 15) is 14.4 Å². The Kier molecular flexibility index (Phi) is 9.70. The molecule has 0 saturated heterocycles. The molecule has 0 aliphatic carbocycles. The first-order valence-electron chi connectivity index (χ1n) is 9.42. The summed E-state index contributed by atoms with van der Waals surface area (Å²) in [7, 11) is 0. The number of hydrogen-bond donors (Lipinski definition) is 5. The van der Waals surface area contributed by atoms with Gasteiger partial charge in [0, 0.05) is 30.1 Å². The van der Waals surface area contributed by atoms with E-state index in [-0.39, 0.29) is 30.0 Å². The van der Waals surface area contributed by atoms with Gasteiger partial charge in [0.1, 0.15) is 5.84 Å². The zero-order valence-electron chi connectivity index (χ0n) is 16.5. The van der Waals surface area contributed by atoms with Crippen LogP contribution >= 0.6 is 0 Å². The van der Waals surface area contributed by atoms with Crippen LogP contribution in [0.25, 0.3) is 0 Å². The lowest BCUT2D eigenvalue weighted by atomic mass is 10.0. The molecule has 1 aromatic carbocycles. The second kappa shape index (κ2) is 11.7. The number of carbonyl (C=O) groups excluding carboxylic acids is 2. The van der Waals surface area contributed by atoms with Crippen LogP contribution in [0.1, 0.15) is 61.9 Å². The largest absolute Gasteiger partial charge is 0.481 e. The minimum Gasteiger partial charge on any atom is -0.481 e. The first-order chi connectivity index (χ1) is 13.2. The van der Waals surface area contributed by atoms with Gasteiger partial charge in [-0.2, -0.15) is 0 Å². The average Bonchev–Trinajstić information content (AvgIpc) is 2.59. The smallest absolute Gasteiger partial charge is 0.305 e. The Morgan fingerprint density at radius 3 is 2.21 bits per heavy atom. The number of benzene rings is 1. The summed E-state index contributed by atoms with van der Waals surface area (Å²) in [5.74, 6) is -1.14. The predicted octanol–water partition coefficient (Wildman–Crippen LogP) is 1.88. The number of carboxylic acid groups (broad SMARTS) is 1. The molecule has 8 heteroatoms. The van der Waals surface area contributed by atoms with Crippen LogP contribution in [0.15, 0.2) is 24.3 Å². The van der Waals surface area contributed by atoms with Gasteiger partial charge in [-0.05, 0) is 37.3 Å². The van der Waals surface area contributed by atoms with Crippen molar-refractivity contribution in [2.75, 3.05) is 6.54 Å². The van der Waals surface area contributed by atoms with Crippen molar-refractivity contribution < 1.29 is 19.5 Å². The molecule has 154 valence electrons. The molecule has 28 heavy (non-hydrogen) atoms. The van der Waals surface area contributed by atoms with E-state index < -0.39 is 12.0 Å². The summed E-state index contributed by atoms with van der Waals surface area (Å²) in [6.45, 7) is 4.32. The van der Waals surface area contributed by atoms with Crippen molar-refractivity contribution >= 4 is 23.6 Å². The van der Waals surface area contributed by atoms with Gasteiger partial charge in [-0.15, -0.1) is 0 Å². The van der Waals surface area contributed by atoms with Gasteiger partial charge in [-0.3, -0.25) is 19.8 Å². The third kappa shape index (κ3) is 9.16. The Hall–Kier alpha value is -2.90. The lowest BCUT2D eigenvalue weighted by molar-refractivity contribution is -0.137. The molecule has 0 heterocycles. The first kappa shape index (κ1) is 23.1. The van der Waals surface area contributed by atoms with E-state index >= 15 is 0 Å². The monoisotopic (exact) mass is 390 g/mol. The van der Waals surface area contributed by atoms with Crippen molar-refractivity contribution in [1.29, 1.82) is 5.41 Å². The third-order valence-corrected chi connectivity index (χ3v) is 4.10. The number of nitrogen functional groups attached to an aromatic ring is 1. The molecule has 8 nitrogen and oxygen atoms in total. The van der Waals surface area contributed by atoms with E-state index in [1.807, 2.05) is 13.8 Å². The maximum atomic E-state index is 12.1. The number of carbonyl (C=O) groups is 3. The normalized spacial score (nSPS) is 11.7. The fourth-order valence-electron chi connectivity index (χ4n) is 2.71. The number of amides is 2. The van der Waals surface area contributed by atoms with Crippen molar-refractivity contribution in [2.24, 2.45) is 11.7 Å². The molecule has 0 bridgehead atoms. The topological polar surface area (TPSA) is 145 Å². The highest BCUT2D eigenvalue weighted by molar-refractivity contribution is 5.98. The van der Waals surface area contributed by atoms with Crippen LogP contribution in [0.3, 0.4) is 0 Å². The van der Waals surface area contributed by atoms with Gasteiger partial charge in [0.25, 0.3) is 5.91 Å². The lowest BCUT2D eigenvalue weighted by Crippen LogP contribution is -2.37. The molecule has 1 atom stereocenters. The molecule has 1 rings (SSSR count). The minimum absolute atomic E-state index is 0.0524. The maximum absolute atomic E-state index is 12.1. The van der Waals surface area contributed by atoms with Crippen molar-refractivity contribution in [1.82, 2.24) is 10.6 Å². The quantitative estimate of drug-likeness (QED) is 0.210. The fourth-order valence-corrected chi connectivity index (χ4v) is 2.71. The number of aliphatic carboxylic acids is 1. The van der Waals surface area contributed by atoms with E-state index in [2.05, 4.69) is 10.6 Å².